The zero-order valence-electron chi connectivity index (χ0n) is 7.83. The van der Waals surface area contributed by atoms with Crippen LogP contribution in [0.3, 0.4) is 0 Å². The highest BCUT2D eigenvalue weighted by molar-refractivity contribution is 7.07. The molecular formula is C10H16N2S. The summed E-state index contributed by atoms with van der Waals surface area (Å²) in [5.74, 6) is 0. The monoisotopic (exact) mass is 196 g/mol. The summed E-state index contributed by atoms with van der Waals surface area (Å²) in [6, 6.07) is 2.23. The maximum atomic E-state index is 3.37. The normalized spacial score (nSPS) is 19.1. The Morgan fingerprint density at radius 3 is 2.92 bits per heavy atom. The molecule has 0 amide bonds. The number of rotatable bonds is 3. The van der Waals surface area contributed by atoms with Crippen LogP contribution in [0.5, 0.6) is 0 Å². The summed E-state index contributed by atoms with van der Waals surface area (Å²) in [4.78, 5) is 2.54. The predicted molar refractivity (Wildman–Crippen MR) is 57.3 cm³/mol. The number of thiophene rings is 1. The van der Waals surface area contributed by atoms with Gasteiger partial charge in [0.1, 0.15) is 0 Å². The number of hydrogen-bond acceptors (Lipinski definition) is 3. The minimum atomic E-state index is 1.16. The molecule has 1 aliphatic heterocycles. The van der Waals surface area contributed by atoms with Crippen LogP contribution in [0.25, 0.3) is 0 Å². The molecule has 1 N–H and O–H groups in total. The van der Waals surface area contributed by atoms with Crippen LogP contribution in [-0.4, -0.2) is 37.6 Å². The molecule has 2 rings (SSSR count). The molecule has 0 bridgehead atoms. The molecule has 72 valence electrons. The maximum Gasteiger partial charge on any atom is 0.0108 e. The molecule has 2 nitrogen and oxygen atoms in total. The van der Waals surface area contributed by atoms with Gasteiger partial charge in [0.25, 0.3) is 0 Å². The molecule has 0 spiro atoms. The summed E-state index contributed by atoms with van der Waals surface area (Å²) >= 11 is 1.80. The van der Waals surface area contributed by atoms with Crippen molar-refractivity contribution in [3.05, 3.63) is 22.4 Å². The number of piperazine rings is 1. The Bertz CT molecular complexity index is 227. The molecule has 1 aromatic heterocycles. The molecule has 0 radical (unpaired) electrons. The molecule has 2 heterocycles. The third kappa shape index (κ3) is 2.79. The summed E-state index contributed by atoms with van der Waals surface area (Å²) in [5.41, 5.74) is 1.49. The van der Waals surface area contributed by atoms with Gasteiger partial charge in [-0.25, -0.2) is 0 Å². The van der Waals surface area contributed by atoms with Gasteiger partial charge in [-0.05, 0) is 28.8 Å². The van der Waals surface area contributed by atoms with Crippen molar-refractivity contribution in [1.82, 2.24) is 10.2 Å². The first kappa shape index (κ1) is 9.19. The van der Waals surface area contributed by atoms with E-state index in [1.54, 1.807) is 11.3 Å². The highest BCUT2D eigenvalue weighted by Gasteiger charge is 2.08. The summed E-state index contributed by atoms with van der Waals surface area (Å²) < 4.78 is 0. The van der Waals surface area contributed by atoms with Gasteiger partial charge in [-0.15, -0.1) is 0 Å². The molecule has 1 fully saturated rings. The fraction of sp³-hybridized carbons (Fsp3) is 0.600. The Balaban J connectivity index is 1.72. The van der Waals surface area contributed by atoms with Crippen LogP contribution < -0.4 is 5.32 Å². The van der Waals surface area contributed by atoms with Crippen molar-refractivity contribution in [3.63, 3.8) is 0 Å². The van der Waals surface area contributed by atoms with E-state index in [0.29, 0.717) is 0 Å². The average Bonchev–Trinajstić information content (AvgIpc) is 2.69. The molecule has 1 aromatic rings. The highest BCUT2D eigenvalue weighted by atomic mass is 32.1. The molecule has 0 saturated carbocycles. The van der Waals surface area contributed by atoms with Crippen molar-refractivity contribution in [2.75, 3.05) is 32.7 Å². The van der Waals surface area contributed by atoms with Gasteiger partial charge in [0.2, 0.25) is 0 Å². The SMILES string of the molecule is c1cc(CCN2CCNCC2)cs1. The predicted octanol–water partition coefficient (Wildman–Crippen LogP) is 1.20. The second-order valence-electron chi connectivity index (χ2n) is 3.47. The molecule has 13 heavy (non-hydrogen) atoms. The molecule has 0 unspecified atom stereocenters. The Morgan fingerprint density at radius 2 is 2.23 bits per heavy atom. The van der Waals surface area contributed by atoms with E-state index in [2.05, 4.69) is 27.0 Å². The lowest BCUT2D eigenvalue weighted by atomic mass is 10.2. The van der Waals surface area contributed by atoms with Gasteiger partial charge in [-0.3, -0.25) is 0 Å². The van der Waals surface area contributed by atoms with Crippen molar-refractivity contribution in [2.24, 2.45) is 0 Å². The molecule has 1 saturated heterocycles. The van der Waals surface area contributed by atoms with E-state index in [-0.39, 0.29) is 0 Å². The average molecular weight is 196 g/mol. The van der Waals surface area contributed by atoms with Crippen molar-refractivity contribution in [1.29, 1.82) is 0 Å². The Hall–Kier alpha value is -0.380. The molecule has 0 aliphatic carbocycles. The maximum absolute atomic E-state index is 3.37. The van der Waals surface area contributed by atoms with Crippen molar-refractivity contribution < 1.29 is 0 Å². The Morgan fingerprint density at radius 1 is 1.38 bits per heavy atom. The third-order valence-corrected chi connectivity index (χ3v) is 3.24. The van der Waals surface area contributed by atoms with Gasteiger partial charge in [0.15, 0.2) is 0 Å². The smallest absolute Gasteiger partial charge is 0.0108 e. The van der Waals surface area contributed by atoms with Gasteiger partial charge in [-0.2, -0.15) is 11.3 Å². The lowest BCUT2D eigenvalue weighted by molar-refractivity contribution is 0.244. The van der Waals surface area contributed by atoms with Crippen LogP contribution in [0.4, 0.5) is 0 Å². The van der Waals surface area contributed by atoms with E-state index < -0.39 is 0 Å². The minimum absolute atomic E-state index is 1.16. The van der Waals surface area contributed by atoms with E-state index >= 15 is 0 Å². The second kappa shape index (κ2) is 4.74. The van der Waals surface area contributed by atoms with Crippen molar-refractivity contribution >= 4 is 11.3 Å². The number of hydrogen-bond donors (Lipinski definition) is 1. The summed E-state index contributed by atoms with van der Waals surface area (Å²) in [7, 11) is 0. The minimum Gasteiger partial charge on any atom is -0.314 e. The highest BCUT2D eigenvalue weighted by Crippen LogP contribution is 2.07. The summed E-state index contributed by atoms with van der Waals surface area (Å²) in [6.45, 7) is 5.96. The topological polar surface area (TPSA) is 15.3 Å². The third-order valence-electron chi connectivity index (χ3n) is 2.51. The zero-order valence-corrected chi connectivity index (χ0v) is 8.65. The van der Waals surface area contributed by atoms with Crippen LogP contribution in [0.15, 0.2) is 16.8 Å². The Labute approximate surface area is 83.6 Å². The Kier molecular flexibility index (Phi) is 3.35. The number of nitrogens with zero attached hydrogens (tertiary/aromatic N) is 1. The standard InChI is InChI=1S/C10H16N2S/c1(10-2-8-13-9-10)5-12-6-3-11-4-7-12/h2,8-9,11H,1,3-7H2. The van der Waals surface area contributed by atoms with E-state index in [9.17, 15) is 0 Å². The van der Waals surface area contributed by atoms with E-state index in [0.717, 1.165) is 13.1 Å². The van der Waals surface area contributed by atoms with E-state index in [1.807, 2.05) is 0 Å². The van der Waals surface area contributed by atoms with Gasteiger partial charge in [-0.1, -0.05) is 0 Å². The van der Waals surface area contributed by atoms with Crippen LogP contribution in [0.1, 0.15) is 5.56 Å². The van der Waals surface area contributed by atoms with Crippen LogP contribution >= 0.6 is 11.3 Å². The van der Waals surface area contributed by atoms with E-state index in [4.69, 9.17) is 0 Å². The van der Waals surface area contributed by atoms with Gasteiger partial charge in [0, 0.05) is 32.7 Å². The summed E-state index contributed by atoms with van der Waals surface area (Å²) in [5, 5.41) is 7.78. The van der Waals surface area contributed by atoms with Gasteiger partial charge < -0.3 is 10.2 Å². The second-order valence-corrected chi connectivity index (χ2v) is 4.25. The fourth-order valence-corrected chi connectivity index (χ4v) is 2.36. The van der Waals surface area contributed by atoms with Crippen LogP contribution in [0.2, 0.25) is 0 Å². The van der Waals surface area contributed by atoms with Crippen LogP contribution in [0, 0.1) is 0 Å². The molecule has 0 atom stereocenters. The molecule has 0 aromatic carbocycles. The van der Waals surface area contributed by atoms with Crippen molar-refractivity contribution in [2.45, 2.75) is 6.42 Å². The van der Waals surface area contributed by atoms with Crippen LogP contribution in [-0.2, 0) is 6.42 Å². The molecule has 3 heteroatoms. The van der Waals surface area contributed by atoms with Gasteiger partial charge >= 0.3 is 0 Å². The van der Waals surface area contributed by atoms with Crippen molar-refractivity contribution in [3.8, 4) is 0 Å². The molecule has 1 aliphatic rings. The summed E-state index contributed by atoms with van der Waals surface area (Å²) in [6.07, 6.45) is 1.21. The largest absolute Gasteiger partial charge is 0.314 e. The van der Waals surface area contributed by atoms with Gasteiger partial charge in [0.05, 0.1) is 0 Å². The fourth-order valence-electron chi connectivity index (χ4n) is 1.66. The zero-order chi connectivity index (χ0) is 8.93. The first-order valence-electron chi connectivity index (χ1n) is 4.89. The lowest BCUT2D eigenvalue weighted by Gasteiger charge is -2.26. The van der Waals surface area contributed by atoms with E-state index in [1.165, 1.54) is 31.6 Å². The first-order valence-corrected chi connectivity index (χ1v) is 5.83. The number of nitrogens with one attached hydrogen (secondary N) is 1. The first-order chi connectivity index (χ1) is 6.45. The molecular weight excluding hydrogens is 180 g/mol. The quantitative estimate of drug-likeness (QED) is 0.781. The lowest BCUT2D eigenvalue weighted by Crippen LogP contribution is -2.44.